The predicted molar refractivity (Wildman–Crippen MR) is 60.5 cm³/mol. The van der Waals surface area contributed by atoms with Gasteiger partial charge in [-0.1, -0.05) is 13.8 Å². The largest absolute Gasteiger partial charge is 0.468 e. The van der Waals surface area contributed by atoms with E-state index in [0.29, 0.717) is 0 Å². The van der Waals surface area contributed by atoms with Crippen LogP contribution in [0.2, 0.25) is 0 Å². The van der Waals surface area contributed by atoms with Crippen LogP contribution >= 0.6 is 0 Å². The molecule has 0 aliphatic rings. The zero-order chi connectivity index (χ0) is 11.3. The molecule has 1 heterocycles. The van der Waals surface area contributed by atoms with Crippen LogP contribution in [0.4, 0.5) is 0 Å². The highest BCUT2D eigenvalue weighted by Gasteiger charge is 2.27. The van der Waals surface area contributed by atoms with Crippen LogP contribution in [-0.2, 0) is 6.54 Å². The molecule has 0 aromatic carbocycles. The van der Waals surface area contributed by atoms with E-state index in [-0.39, 0.29) is 11.5 Å². The summed E-state index contributed by atoms with van der Waals surface area (Å²) in [6, 6.07) is 3.82. The summed E-state index contributed by atoms with van der Waals surface area (Å²) in [5.41, 5.74) is -0.0629. The van der Waals surface area contributed by atoms with Gasteiger partial charge in [0.1, 0.15) is 5.76 Å². The van der Waals surface area contributed by atoms with Gasteiger partial charge in [0.15, 0.2) is 0 Å². The highest BCUT2D eigenvalue weighted by Crippen LogP contribution is 2.24. The Kier molecular flexibility index (Phi) is 4.36. The third kappa shape index (κ3) is 3.36. The zero-order valence-electron chi connectivity index (χ0n) is 9.79. The first-order chi connectivity index (χ1) is 7.08. The summed E-state index contributed by atoms with van der Waals surface area (Å²) in [5.74, 6) is 0.930. The Morgan fingerprint density at radius 3 is 2.80 bits per heavy atom. The summed E-state index contributed by atoms with van der Waals surface area (Å²) in [7, 11) is 0. The molecule has 0 radical (unpaired) electrons. The lowest BCUT2D eigenvalue weighted by atomic mass is 9.82. The minimum Gasteiger partial charge on any atom is -0.468 e. The minimum absolute atomic E-state index is 0.0629. The standard InChI is InChI=1S/C12H21NO2/c1-4-12(3,10(2)14)9-13-8-11-6-5-7-15-11/h5-7,10,13-14H,4,8-9H2,1-3H3. The normalized spacial score (nSPS) is 17.3. The van der Waals surface area contributed by atoms with E-state index in [1.54, 1.807) is 6.26 Å². The quantitative estimate of drug-likeness (QED) is 0.758. The van der Waals surface area contributed by atoms with Crippen LogP contribution in [0, 0.1) is 5.41 Å². The summed E-state index contributed by atoms with van der Waals surface area (Å²) in [5, 5.41) is 13.0. The molecule has 0 amide bonds. The number of rotatable bonds is 6. The molecule has 3 heteroatoms. The van der Waals surface area contributed by atoms with Gasteiger partial charge < -0.3 is 14.8 Å². The van der Waals surface area contributed by atoms with Crippen LogP contribution in [0.5, 0.6) is 0 Å². The van der Waals surface area contributed by atoms with Crippen molar-refractivity contribution >= 4 is 0 Å². The first-order valence-electron chi connectivity index (χ1n) is 5.49. The Morgan fingerprint density at radius 2 is 2.33 bits per heavy atom. The summed E-state index contributed by atoms with van der Waals surface area (Å²) >= 11 is 0. The van der Waals surface area contributed by atoms with Crippen molar-refractivity contribution in [2.75, 3.05) is 6.54 Å². The van der Waals surface area contributed by atoms with E-state index in [4.69, 9.17) is 4.42 Å². The van der Waals surface area contributed by atoms with E-state index in [2.05, 4.69) is 19.2 Å². The molecule has 2 unspecified atom stereocenters. The summed E-state index contributed by atoms with van der Waals surface area (Å²) in [6.07, 6.45) is 2.33. The Bertz CT molecular complexity index is 269. The second-order valence-electron chi connectivity index (χ2n) is 4.37. The van der Waals surface area contributed by atoms with Crippen molar-refractivity contribution in [2.45, 2.75) is 39.8 Å². The van der Waals surface area contributed by atoms with Crippen molar-refractivity contribution in [3.05, 3.63) is 24.2 Å². The van der Waals surface area contributed by atoms with E-state index in [9.17, 15) is 5.11 Å². The third-order valence-electron chi connectivity index (χ3n) is 3.22. The van der Waals surface area contributed by atoms with Gasteiger partial charge in [-0.05, 0) is 25.5 Å². The SMILES string of the molecule is CCC(C)(CNCc1ccco1)C(C)O. The summed E-state index contributed by atoms with van der Waals surface area (Å²) < 4.78 is 5.22. The predicted octanol–water partition coefficient (Wildman–Crippen LogP) is 2.17. The fraction of sp³-hybridized carbons (Fsp3) is 0.667. The lowest BCUT2D eigenvalue weighted by Crippen LogP contribution is -2.39. The van der Waals surface area contributed by atoms with E-state index >= 15 is 0 Å². The monoisotopic (exact) mass is 211 g/mol. The maximum Gasteiger partial charge on any atom is 0.117 e. The maximum absolute atomic E-state index is 9.67. The lowest BCUT2D eigenvalue weighted by Gasteiger charge is -2.31. The highest BCUT2D eigenvalue weighted by molar-refractivity contribution is 4.97. The number of furan rings is 1. The maximum atomic E-state index is 9.67. The van der Waals surface area contributed by atoms with Crippen molar-refractivity contribution in [3.8, 4) is 0 Å². The molecular weight excluding hydrogens is 190 g/mol. The molecule has 2 N–H and O–H groups in total. The van der Waals surface area contributed by atoms with Crippen LogP contribution in [0.1, 0.15) is 33.0 Å². The molecule has 3 nitrogen and oxygen atoms in total. The first-order valence-corrected chi connectivity index (χ1v) is 5.49. The molecule has 0 aliphatic heterocycles. The van der Waals surface area contributed by atoms with Gasteiger partial charge in [-0.15, -0.1) is 0 Å². The van der Waals surface area contributed by atoms with Gasteiger partial charge in [0.2, 0.25) is 0 Å². The number of nitrogens with one attached hydrogen (secondary N) is 1. The molecule has 2 atom stereocenters. The molecule has 86 valence electrons. The molecule has 0 saturated carbocycles. The average molecular weight is 211 g/mol. The van der Waals surface area contributed by atoms with Crippen LogP contribution in [-0.4, -0.2) is 17.8 Å². The first kappa shape index (κ1) is 12.3. The molecule has 15 heavy (non-hydrogen) atoms. The zero-order valence-corrected chi connectivity index (χ0v) is 9.79. The fourth-order valence-corrected chi connectivity index (χ4v) is 1.45. The van der Waals surface area contributed by atoms with Crippen molar-refractivity contribution in [1.29, 1.82) is 0 Å². The number of aliphatic hydroxyl groups is 1. The number of hydrogen-bond donors (Lipinski definition) is 2. The molecule has 1 aromatic rings. The Labute approximate surface area is 91.5 Å². The second kappa shape index (κ2) is 5.33. The van der Waals surface area contributed by atoms with Crippen molar-refractivity contribution in [2.24, 2.45) is 5.41 Å². The third-order valence-corrected chi connectivity index (χ3v) is 3.22. The van der Waals surface area contributed by atoms with Gasteiger partial charge in [-0.2, -0.15) is 0 Å². The van der Waals surface area contributed by atoms with E-state index in [0.717, 1.165) is 25.3 Å². The molecule has 0 aliphatic carbocycles. The summed E-state index contributed by atoms with van der Waals surface area (Å²) in [4.78, 5) is 0. The van der Waals surface area contributed by atoms with Crippen molar-refractivity contribution in [3.63, 3.8) is 0 Å². The van der Waals surface area contributed by atoms with Gasteiger partial charge in [-0.3, -0.25) is 0 Å². The van der Waals surface area contributed by atoms with E-state index in [1.165, 1.54) is 0 Å². The fourth-order valence-electron chi connectivity index (χ4n) is 1.45. The van der Waals surface area contributed by atoms with E-state index < -0.39 is 0 Å². The molecular formula is C12H21NO2. The van der Waals surface area contributed by atoms with Crippen molar-refractivity contribution < 1.29 is 9.52 Å². The molecule has 1 rings (SSSR count). The van der Waals surface area contributed by atoms with Crippen molar-refractivity contribution in [1.82, 2.24) is 5.32 Å². The van der Waals surface area contributed by atoms with Crippen LogP contribution in [0.15, 0.2) is 22.8 Å². The van der Waals surface area contributed by atoms with Gasteiger partial charge in [-0.25, -0.2) is 0 Å². The summed E-state index contributed by atoms with van der Waals surface area (Å²) in [6.45, 7) is 7.54. The Balaban J connectivity index is 2.35. The molecule has 0 saturated heterocycles. The topological polar surface area (TPSA) is 45.4 Å². The Morgan fingerprint density at radius 1 is 1.60 bits per heavy atom. The van der Waals surface area contributed by atoms with Gasteiger partial charge >= 0.3 is 0 Å². The second-order valence-corrected chi connectivity index (χ2v) is 4.37. The van der Waals surface area contributed by atoms with Crippen LogP contribution in [0.25, 0.3) is 0 Å². The Hall–Kier alpha value is -0.800. The highest BCUT2D eigenvalue weighted by atomic mass is 16.3. The van der Waals surface area contributed by atoms with Crippen LogP contribution < -0.4 is 5.32 Å². The molecule has 0 bridgehead atoms. The van der Waals surface area contributed by atoms with Gasteiger partial charge in [0, 0.05) is 12.0 Å². The minimum atomic E-state index is -0.299. The smallest absolute Gasteiger partial charge is 0.117 e. The molecule has 0 spiro atoms. The van der Waals surface area contributed by atoms with E-state index in [1.807, 2.05) is 19.1 Å². The van der Waals surface area contributed by atoms with Crippen LogP contribution in [0.3, 0.4) is 0 Å². The molecule has 0 fully saturated rings. The number of aliphatic hydroxyl groups excluding tert-OH is 1. The van der Waals surface area contributed by atoms with Gasteiger partial charge in [0.05, 0.1) is 18.9 Å². The lowest BCUT2D eigenvalue weighted by molar-refractivity contribution is 0.0485. The van der Waals surface area contributed by atoms with Gasteiger partial charge in [0.25, 0.3) is 0 Å². The molecule has 1 aromatic heterocycles. The average Bonchev–Trinajstić information content (AvgIpc) is 2.70. The number of hydrogen-bond acceptors (Lipinski definition) is 3.